The lowest BCUT2D eigenvalue weighted by Crippen LogP contribution is -1.98. The Bertz CT molecular complexity index is 3610. The minimum Gasteiger partial charge on any atom is -0.412 e. The quantitative estimate of drug-likeness (QED) is 0.0687. The largest absolute Gasteiger partial charge is 0.412 e. The zero-order valence-corrected chi connectivity index (χ0v) is 56.0. The summed E-state index contributed by atoms with van der Waals surface area (Å²) in [5.74, 6) is 2.21. The van der Waals surface area contributed by atoms with E-state index in [4.69, 9.17) is 8.85 Å². The third-order valence-corrected chi connectivity index (χ3v) is 14.4. The molecule has 9 aromatic carbocycles. The average molecular weight is 1200 g/mol. The molecule has 0 unspecified atom stereocenters. The van der Waals surface area contributed by atoms with E-state index in [1.807, 2.05) is 144 Å². The van der Waals surface area contributed by atoms with Crippen LogP contribution in [0.3, 0.4) is 0 Å². The zero-order chi connectivity index (χ0) is 65.6. The molecule has 0 heterocycles. The average Bonchev–Trinajstić information content (AvgIpc) is 2.66. The topological polar surface area (TPSA) is 122 Å². The van der Waals surface area contributed by atoms with E-state index in [-0.39, 0.29) is 28.6 Å². The Morgan fingerprint density at radius 3 is 0.567 bits per heavy atom. The SMILES string of the molecule is C/C(=C\C(=O)c1ccc(C)cc1)c1ccc(C)cc1.CC(=O)c1ccc(C)cc1.CC(=O)c1ccc(C)cc1.CC(=O)c1ccc(C)cc1.C[O+]=C(/C=C(\C)c1ccc(C)cc1)c1ccc(C)cc1.C[O+]=C(/C=C(\C)c1ccc(C)cc1)c1ccc(C)cc1.O. The van der Waals surface area contributed by atoms with Crippen molar-refractivity contribution in [3.8, 4) is 0 Å². The Morgan fingerprint density at radius 1 is 0.233 bits per heavy atom. The van der Waals surface area contributed by atoms with Crippen molar-refractivity contribution in [2.24, 2.45) is 0 Å². The predicted molar refractivity (Wildman–Crippen MR) is 380 cm³/mol. The molecular weight excluding hydrogens is 1110 g/mol. The molecule has 0 saturated heterocycles. The summed E-state index contributed by atoms with van der Waals surface area (Å²) in [7, 11) is 3.43. The second kappa shape index (κ2) is 38.5. The summed E-state index contributed by atoms with van der Waals surface area (Å²) < 4.78 is 11.1. The molecule has 0 aliphatic rings. The third-order valence-electron chi connectivity index (χ3n) is 14.4. The van der Waals surface area contributed by atoms with Crippen LogP contribution in [0.5, 0.6) is 0 Å². The maximum atomic E-state index is 12.1. The van der Waals surface area contributed by atoms with Crippen LogP contribution in [-0.4, -0.2) is 54.4 Å². The van der Waals surface area contributed by atoms with Gasteiger partial charge in [0.15, 0.2) is 23.1 Å². The fourth-order valence-corrected chi connectivity index (χ4v) is 8.41. The van der Waals surface area contributed by atoms with Gasteiger partial charge in [0.25, 0.3) is 14.2 Å². The fraction of sp³-hybridized carbons (Fsp3) is 0.205. The molecule has 0 atom stereocenters. The van der Waals surface area contributed by atoms with Crippen LogP contribution < -0.4 is 0 Å². The summed E-state index contributed by atoms with van der Waals surface area (Å²) in [5, 5.41) is 0. The molecule has 0 aliphatic carbocycles. The van der Waals surface area contributed by atoms with Crippen molar-refractivity contribution < 1.29 is 33.5 Å². The van der Waals surface area contributed by atoms with Gasteiger partial charge in [-0.05, 0) is 168 Å². The summed E-state index contributed by atoms with van der Waals surface area (Å²) in [6.07, 6.45) is 5.89. The summed E-state index contributed by atoms with van der Waals surface area (Å²) in [4.78, 5) is 44.4. The standard InChI is InChI=1S/2C19H21O.C18H18O.3C9H10O.H2O/c2*1-14-5-9-17(10-6-14)16(3)13-19(20-4)18-11-7-15(2)8-12-18;1-13-4-8-16(9-5-13)15(3)12-18(19)17-10-6-14(2)7-11-17;3*1-7-3-5-9(6-4-7)8(2)10;/h2*5-13H,1-4H3;4-12H,1-3H3;3*3-6H,1-2H3;1H2/q2*+1;;;;;/b2*16-13+;15-12+;;;;. The number of allylic oxidation sites excluding steroid dienone is 6. The number of hydrogen-bond donors (Lipinski definition) is 0. The molecule has 9 aromatic rings. The van der Waals surface area contributed by atoms with Gasteiger partial charge >= 0.3 is 11.6 Å². The highest BCUT2D eigenvalue weighted by molar-refractivity contribution is 6.10. The fourth-order valence-electron chi connectivity index (χ4n) is 8.41. The molecule has 2 N–H and O–H groups in total. The Balaban J connectivity index is 0.000000289. The second-order valence-electron chi connectivity index (χ2n) is 22.4. The molecule has 0 bridgehead atoms. The van der Waals surface area contributed by atoms with Gasteiger partial charge in [0, 0.05) is 34.4 Å². The molecule has 0 saturated carbocycles. The van der Waals surface area contributed by atoms with Gasteiger partial charge in [-0.15, -0.1) is 0 Å². The molecule has 0 spiro atoms. The third kappa shape index (κ3) is 26.7. The molecule has 0 amide bonds. The van der Waals surface area contributed by atoms with Crippen LogP contribution in [0.1, 0.15) is 170 Å². The van der Waals surface area contributed by atoms with Gasteiger partial charge in [-0.2, -0.15) is 0 Å². The normalized spacial score (nSPS) is 11.1. The van der Waals surface area contributed by atoms with Crippen LogP contribution in [0.15, 0.2) is 237 Å². The van der Waals surface area contributed by atoms with E-state index in [9.17, 15) is 19.2 Å². The van der Waals surface area contributed by atoms with E-state index in [0.29, 0.717) is 0 Å². The van der Waals surface area contributed by atoms with Gasteiger partial charge < -0.3 is 5.48 Å². The number of aryl methyl sites for hydroxylation is 9. The summed E-state index contributed by atoms with van der Waals surface area (Å²) in [6, 6.07) is 72.4. The number of hydrogen-bond acceptors (Lipinski definition) is 4. The second-order valence-corrected chi connectivity index (χ2v) is 22.4. The number of carbonyl (C=O) groups excluding carboxylic acids is 6. The highest BCUT2D eigenvalue weighted by Crippen LogP contribution is 2.20. The predicted octanol–water partition coefficient (Wildman–Crippen LogP) is 19.9. The number of carbonyl (C=O) groups is 4. The number of Topliss-reactive ketones (excluding diaryl/α,β-unsaturated/α-hetero) is 3. The summed E-state index contributed by atoms with van der Waals surface area (Å²) in [5.41, 5.74) is 23.2. The summed E-state index contributed by atoms with van der Waals surface area (Å²) >= 11 is 0. The van der Waals surface area contributed by atoms with E-state index in [0.717, 1.165) is 61.6 Å². The van der Waals surface area contributed by atoms with Crippen LogP contribution in [-0.2, 0) is 0 Å². The number of rotatable bonds is 12. The highest BCUT2D eigenvalue weighted by atomic mass is 16.4. The van der Waals surface area contributed by atoms with Crippen LogP contribution >= 0.6 is 0 Å². The van der Waals surface area contributed by atoms with Crippen LogP contribution in [0.25, 0.3) is 16.7 Å². The molecule has 0 radical (unpaired) electrons. The van der Waals surface area contributed by atoms with Gasteiger partial charge in [-0.1, -0.05) is 244 Å². The van der Waals surface area contributed by atoms with Gasteiger partial charge in [0.2, 0.25) is 0 Å². The van der Waals surface area contributed by atoms with Crippen molar-refractivity contribution in [3.63, 3.8) is 0 Å². The first-order chi connectivity index (χ1) is 42.3. The first-order valence-electron chi connectivity index (χ1n) is 29.9. The van der Waals surface area contributed by atoms with Crippen molar-refractivity contribution in [1.29, 1.82) is 0 Å². The van der Waals surface area contributed by atoms with E-state index >= 15 is 0 Å². The van der Waals surface area contributed by atoms with E-state index < -0.39 is 0 Å². The van der Waals surface area contributed by atoms with Crippen molar-refractivity contribution in [3.05, 3.63) is 337 Å². The smallest absolute Gasteiger partial charge is 0.350 e. The summed E-state index contributed by atoms with van der Waals surface area (Å²) in [6.45, 7) is 29.4. The Hall–Kier alpha value is -9.82. The molecular formula is C83H92O7+2. The molecule has 7 heteroatoms. The van der Waals surface area contributed by atoms with Gasteiger partial charge in [-0.25, -0.2) is 0 Å². The molecule has 0 aliphatic heterocycles. The monoisotopic (exact) mass is 1200 g/mol. The maximum Gasteiger partial charge on any atom is 0.350 e. The van der Waals surface area contributed by atoms with Crippen molar-refractivity contribution in [2.45, 2.75) is 104 Å². The van der Waals surface area contributed by atoms with Gasteiger partial charge in [-0.3, -0.25) is 28.0 Å². The van der Waals surface area contributed by atoms with Crippen molar-refractivity contribution in [2.75, 3.05) is 14.2 Å². The molecule has 0 fully saturated rings. The molecule has 464 valence electrons. The number of benzene rings is 9. The van der Waals surface area contributed by atoms with E-state index in [1.54, 1.807) is 41.1 Å². The lowest BCUT2D eigenvalue weighted by atomic mass is 10.0. The highest BCUT2D eigenvalue weighted by Gasteiger charge is 2.14. The van der Waals surface area contributed by atoms with Crippen molar-refractivity contribution in [1.82, 2.24) is 0 Å². The van der Waals surface area contributed by atoms with Crippen LogP contribution in [0.2, 0.25) is 0 Å². The minimum atomic E-state index is 0. The van der Waals surface area contributed by atoms with Crippen molar-refractivity contribution >= 4 is 51.4 Å². The lowest BCUT2D eigenvalue weighted by molar-refractivity contribution is -0.222. The van der Waals surface area contributed by atoms with Gasteiger partial charge in [0.1, 0.15) is 0 Å². The molecule has 7 nitrogen and oxygen atoms in total. The van der Waals surface area contributed by atoms with Crippen LogP contribution in [0, 0.1) is 62.3 Å². The molecule has 9 rings (SSSR count). The van der Waals surface area contributed by atoms with E-state index in [1.165, 1.54) is 66.8 Å². The first-order valence-corrected chi connectivity index (χ1v) is 29.9. The van der Waals surface area contributed by atoms with Crippen LogP contribution in [0.4, 0.5) is 0 Å². The first kappa shape index (κ1) is 74.4. The Kier molecular flexibility index (Phi) is 31.8. The number of ketones is 6. The zero-order valence-electron chi connectivity index (χ0n) is 56.0. The lowest BCUT2D eigenvalue weighted by Gasteiger charge is -2.03. The minimum absolute atomic E-state index is 0. The molecule has 0 aromatic heterocycles. The van der Waals surface area contributed by atoms with Gasteiger partial charge in [0.05, 0.1) is 11.1 Å². The Morgan fingerprint density at radius 2 is 0.389 bits per heavy atom. The molecule has 90 heavy (non-hydrogen) atoms. The Labute approximate surface area is 537 Å². The maximum absolute atomic E-state index is 12.1. The van der Waals surface area contributed by atoms with E-state index in [2.05, 4.69) is 170 Å².